The first-order valence-corrected chi connectivity index (χ1v) is 10.6. The molecule has 1 aliphatic rings. The zero-order valence-electron chi connectivity index (χ0n) is 20.0. The molecule has 8 nitrogen and oxygen atoms in total. The van der Waals surface area contributed by atoms with Gasteiger partial charge >= 0.3 is 0 Å². The summed E-state index contributed by atoms with van der Waals surface area (Å²) in [6.07, 6.45) is 7.73. The molecule has 1 aromatic rings. The molecule has 0 amide bonds. The van der Waals surface area contributed by atoms with Crippen molar-refractivity contribution in [1.82, 2.24) is 10.2 Å². The topological polar surface area (TPSA) is 147 Å². The van der Waals surface area contributed by atoms with Gasteiger partial charge in [0.15, 0.2) is 0 Å². The minimum Gasteiger partial charge on any atom is -0.507 e. The fourth-order valence-corrected chi connectivity index (χ4v) is 4.58. The molecule has 0 saturated carbocycles. The number of rotatable bonds is 7. The summed E-state index contributed by atoms with van der Waals surface area (Å²) in [4.78, 5) is 2.08. The van der Waals surface area contributed by atoms with Crippen molar-refractivity contribution in [2.45, 2.75) is 57.7 Å². The number of benzene rings is 1. The van der Waals surface area contributed by atoms with Gasteiger partial charge in [-0.3, -0.25) is 0 Å². The number of aromatic hydroxyl groups is 1. The number of phenolic OH excluding ortho intramolecular Hbond substituents is 1. The van der Waals surface area contributed by atoms with E-state index in [1.54, 1.807) is 18.2 Å². The number of nitrogens with zero attached hydrogens (tertiary/aromatic N) is 1. The predicted molar refractivity (Wildman–Crippen MR) is 132 cm³/mol. The zero-order chi connectivity index (χ0) is 24.3. The lowest BCUT2D eigenvalue weighted by Gasteiger charge is -2.49. The van der Waals surface area contributed by atoms with Crippen molar-refractivity contribution in [2.75, 3.05) is 14.2 Å². The lowest BCUT2D eigenvalue weighted by molar-refractivity contribution is 0.0981. The molecule has 0 aliphatic carbocycles. The van der Waals surface area contributed by atoms with Gasteiger partial charge in [0.1, 0.15) is 11.5 Å². The van der Waals surface area contributed by atoms with E-state index in [-0.39, 0.29) is 22.9 Å². The number of ether oxygens (including phenoxy) is 1. The van der Waals surface area contributed by atoms with Crippen LogP contribution in [0.3, 0.4) is 0 Å². The molecular weight excluding hydrogens is 404 g/mol. The number of hydrogen-bond acceptors (Lipinski definition) is 8. The Morgan fingerprint density at radius 1 is 1.19 bits per heavy atom. The van der Waals surface area contributed by atoms with Crippen molar-refractivity contribution >= 4 is 17.5 Å². The largest absolute Gasteiger partial charge is 0.507 e. The van der Waals surface area contributed by atoms with E-state index in [2.05, 4.69) is 37.9 Å². The molecule has 9 N–H and O–H groups in total. The van der Waals surface area contributed by atoms with E-state index in [1.807, 2.05) is 7.05 Å². The number of nitrogens with one attached hydrogen (secondary N) is 2. The lowest BCUT2D eigenvalue weighted by Crippen LogP contribution is -2.61. The molecule has 0 spiro atoms. The Morgan fingerprint density at radius 3 is 2.28 bits per heavy atom. The maximum absolute atomic E-state index is 10.6. The molecule has 176 valence electrons. The Bertz CT molecular complexity index is 930. The van der Waals surface area contributed by atoms with Crippen LogP contribution in [-0.2, 0) is 0 Å². The third-order valence-corrected chi connectivity index (χ3v) is 5.82. The van der Waals surface area contributed by atoms with Crippen LogP contribution in [-0.4, -0.2) is 47.5 Å². The van der Waals surface area contributed by atoms with Gasteiger partial charge in [-0.15, -0.1) is 0 Å². The molecule has 8 heteroatoms. The Balaban J connectivity index is 2.33. The van der Waals surface area contributed by atoms with Crippen molar-refractivity contribution in [3.05, 3.63) is 47.4 Å². The van der Waals surface area contributed by atoms with Crippen LogP contribution in [0.1, 0.15) is 51.7 Å². The van der Waals surface area contributed by atoms with E-state index in [0.717, 1.165) is 19.1 Å². The third-order valence-electron chi connectivity index (χ3n) is 5.82. The van der Waals surface area contributed by atoms with Crippen molar-refractivity contribution < 1.29 is 9.84 Å². The second-order valence-electron chi connectivity index (χ2n) is 9.62. The number of piperidine rings is 1. The molecule has 1 fully saturated rings. The van der Waals surface area contributed by atoms with Gasteiger partial charge in [-0.05, 0) is 70.4 Å². The van der Waals surface area contributed by atoms with Gasteiger partial charge in [0, 0.05) is 47.9 Å². The normalized spacial score (nSPS) is 19.5. The first kappa shape index (κ1) is 25.1. The molecule has 0 aromatic heterocycles. The summed E-state index contributed by atoms with van der Waals surface area (Å²) < 4.78 is 5.43. The summed E-state index contributed by atoms with van der Waals surface area (Å²) in [5.74, 6) is 0.882. The second kappa shape index (κ2) is 9.56. The van der Waals surface area contributed by atoms with Crippen LogP contribution < -0.4 is 27.3 Å². The number of phenols is 1. The molecule has 32 heavy (non-hydrogen) atoms. The van der Waals surface area contributed by atoms with Crippen molar-refractivity contribution in [2.24, 2.45) is 17.2 Å². The fourth-order valence-electron chi connectivity index (χ4n) is 4.58. The van der Waals surface area contributed by atoms with Gasteiger partial charge in [0.05, 0.1) is 18.5 Å². The Kier molecular flexibility index (Phi) is 7.51. The lowest BCUT2D eigenvalue weighted by atomic mass is 9.79. The molecule has 0 unspecified atom stereocenters. The third kappa shape index (κ3) is 5.76. The minimum absolute atomic E-state index is 0.00400. The summed E-state index contributed by atoms with van der Waals surface area (Å²) in [5, 5.41) is 21.7. The van der Waals surface area contributed by atoms with Gasteiger partial charge in [0.2, 0.25) is 0 Å². The highest BCUT2D eigenvalue weighted by molar-refractivity contribution is 6.08. The molecular formula is C24H38N6O2. The molecule has 1 aliphatic heterocycles. The van der Waals surface area contributed by atoms with Crippen LogP contribution in [0.2, 0.25) is 0 Å². The maximum Gasteiger partial charge on any atom is 0.132 e. The molecule has 1 saturated heterocycles. The number of allylic oxidation sites excluding steroid dienone is 3. The average Bonchev–Trinajstić information content (AvgIpc) is 2.69. The Hall–Kier alpha value is -3.13. The van der Waals surface area contributed by atoms with E-state index >= 15 is 0 Å². The van der Waals surface area contributed by atoms with E-state index in [4.69, 9.17) is 27.3 Å². The van der Waals surface area contributed by atoms with Crippen molar-refractivity contribution in [3.8, 4) is 11.5 Å². The molecule has 1 heterocycles. The van der Waals surface area contributed by atoms with E-state index in [0.29, 0.717) is 34.0 Å². The Labute approximate surface area is 191 Å². The SMILES string of the molecule is COc1cc(/C(C=N)=C/N)cc(O)c1/C(N)=C/C=C(\N)N(C)C1CC(C)(C)NC(C)(C)C1. The monoisotopic (exact) mass is 442 g/mol. The fraction of sp³-hybridized carbons (Fsp3) is 0.458. The highest BCUT2D eigenvalue weighted by atomic mass is 16.5. The molecule has 1 aromatic carbocycles. The standard InChI is InChI=1S/C24H38N6O2/c1-23(2)11-17(12-24(3,4)29-23)30(5)21(28)8-7-18(27)22-19(31)9-15(10-20(22)32-6)16(13-25)14-26/h7-10,13-14,17,25,29,31H,11-12,26-28H2,1-6H3/b16-14+,18-7-,21-8+,25-13?. The van der Waals surface area contributed by atoms with Crippen LogP contribution in [0, 0.1) is 5.41 Å². The smallest absolute Gasteiger partial charge is 0.132 e. The first-order chi connectivity index (χ1) is 14.8. The number of hydrogen-bond donors (Lipinski definition) is 6. The molecule has 2 rings (SSSR count). The quantitative estimate of drug-likeness (QED) is 0.281. The molecule has 0 bridgehead atoms. The predicted octanol–water partition coefficient (Wildman–Crippen LogP) is 2.69. The summed E-state index contributed by atoms with van der Waals surface area (Å²) in [6, 6.07) is 3.45. The number of nitrogens with two attached hydrogens (primary N) is 3. The zero-order valence-corrected chi connectivity index (χ0v) is 20.0. The summed E-state index contributed by atoms with van der Waals surface area (Å²) in [7, 11) is 3.48. The van der Waals surface area contributed by atoms with Crippen LogP contribution in [0.5, 0.6) is 11.5 Å². The van der Waals surface area contributed by atoms with E-state index in [1.165, 1.54) is 19.4 Å². The highest BCUT2D eigenvalue weighted by Crippen LogP contribution is 2.36. The van der Waals surface area contributed by atoms with Gasteiger partial charge in [-0.25, -0.2) is 0 Å². The number of methoxy groups -OCH3 is 1. The van der Waals surface area contributed by atoms with Gasteiger partial charge in [0.25, 0.3) is 0 Å². The van der Waals surface area contributed by atoms with Gasteiger partial charge in [-0.1, -0.05) is 0 Å². The van der Waals surface area contributed by atoms with Crippen molar-refractivity contribution in [3.63, 3.8) is 0 Å². The summed E-state index contributed by atoms with van der Waals surface area (Å²) >= 11 is 0. The Morgan fingerprint density at radius 2 is 1.78 bits per heavy atom. The molecule has 0 atom stereocenters. The summed E-state index contributed by atoms with van der Waals surface area (Å²) in [6.45, 7) is 8.81. The minimum atomic E-state index is -0.0727. The van der Waals surface area contributed by atoms with E-state index < -0.39 is 0 Å². The van der Waals surface area contributed by atoms with Gasteiger partial charge < -0.3 is 42.7 Å². The van der Waals surface area contributed by atoms with Crippen molar-refractivity contribution in [1.29, 1.82) is 5.41 Å². The van der Waals surface area contributed by atoms with Crippen LogP contribution in [0.4, 0.5) is 0 Å². The van der Waals surface area contributed by atoms with Crippen LogP contribution in [0.25, 0.3) is 11.3 Å². The van der Waals surface area contributed by atoms with Crippen LogP contribution >= 0.6 is 0 Å². The average molecular weight is 443 g/mol. The van der Waals surface area contributed by atoms with E-state index in [9.17, 15) is 5.11 Å². The molecule has 0 radical (unpaired) electrons. The van der Waals surface area contributed by atoms with Gasteiger partial charge in [-0.2, -0.15) is 0 Å². The first-order valence-electron chi connectivity index (χ1n) is 10.6. The second-order valence-corrected chi connectivity index (χ2v) is 9.62. The van der Waals surface area contributed by atoms with Crippen LogP contribution in [0.15, 0.2) is 36.3 Å². The maximum atomic E-state index is 10.6. The summed E-state index contributed by atoms with van der Waals surface area (Å²) in [5.41, 5.74) is 19.9. The highest BCUT2D eigenvalue weighted by Gasteiger charge is 2.39.